The van der Waals surface area contributed by atoms with E-state index in [4.69, 9.17) is 5.11 Å². The van der Waals surface area contributed by atoms with Crippen LogP contribution in [0.4, 0.5) is 4.79 Å². The first kappa shape index (κ1) is 15.7. The van der Waals surface area contributed by atoms with Gasteiger partial charge in [0.15, 0.2) is 0 Å². The first-order chi connectivity index (χ1) is 8.56. The van der Waals surface area contributed by atoms with Crippen molar-refractivity contribution >= 4 is 30.3 Å². The van der Waals surface area contributed by atoms with Gasteiger partial charge in [-0.1, -0.05) is 0 Å². The van der Waals surface area contributed by atoms with Crippen LogP contribution in [0.1, 0.15) is 25.7 Å². The molecule has 1 saturated carbocycles. The van der Waals surface area contributed by atoms with Crippen molar-refractivity contribution in [2.24, 2.45) is 0 Å². The fraction of sp³-hybridized carbons (Fsp3) is 0.727. The molecule has 0 aromatic rings. The number of hydrogen-bond donors (Lipinski definition) is 3. The van der Waals surface area contributed by atoms with E-state index in [-0.39, 0.29) is 25.0 Å². The largest absolute Gasteiger partial charge is 0.480 e. The molecule has 0 spiro atoms. The van der Waals surface area contributed by atoms with Crippen LogP contribution in [0.25, 0.3) is 0 Å². The molecule has 0 bridgehead atoms. The van der Waals surface area contributed by atoms with E-state index in [0.717, 1.165) is 19.3 Å². The molecule has 1 aliphatic heterocycles. The third-order valence-corrected chi connectivity index (χ3v) is 3.16. The van der Waals surface area contributed by atoms with Crippen LogP contribution >= 0.6 is 12.4 Å². The fourth-order valence-corrected chi connectivity index (χ4v) is 2.09. The maximum atomic E-state index is 11.6. The molecule has 3 amide bonds. The van der Waals surface area contributed by atoms with Crippen LogP contribution in [-0.4, -0.2) is 53.1 Å². The smallest absolute Gasteiger partial charge is 0.321 e. The average Bonchev–Trinajstić information content (AvgIpc) is 2.94. The zero-order valence-electron chi connectivity index (χ0n) is 10.4. The molecule has 2 aliphatic rings. The van der Waals surface area contributed by atoms with E-state index in [1.165, 1.54) is 0 Å². The van der Waals surface area contributed by atoms with Crippen LogP contribution in [-0.2, 0) is 9.59 Å². The molecular formula is C11H18ClN3O4. The molecule has 19 heavy (non-hydrogen) atoms. The number of carboxylic acids is 1. The predicted molar refractivity (Wildman–Crippen MR) is 69.2 cm³/mol. The number of carbonyl (C=O) groups is 3. The lowest BCUT2D eigenvalue weighted by Crippen LogP contribution is -2.47. The van der Waals surface area contributed by atoms with Crippen molar-refractivity contribution in [2.45, 2.75) is 37.8 Å². The van der Waals surface area contributed by atoms with E-state index in [0.29, 0.717) is 13.0 Å². The van der Waals surface area contributed by atoms with Crippen molar-refractivity contribution in [3.05, 3.63) is 0 Å². The SMILES string of the molecule is Cl.O=C(CN1CCC[C@H]1C(=O)O)NC(=O)NC1CC1. The van der Waals surface area contributed by atoms with Gasteiger partial charge >= 0.3 is 12.0 Å². The van der Waals surface area contributed by atoms with Gasteiger partial charge in [0.25, 0.3) is 0 Å². The van der Waals surface area contributed by atoms with Crippen LogP contribution < -0.4 is 10.6 Å². The maximum Gasteiger partial charge on any atom is 0.321 e. The van der Waals surface area contributed by atoms with Gasteiger partial charge in [-0.25, -0.2) is 4.79 Å². The van der Waals surface area contributed by atoms with Crippen molar-refractivity contribution in [2.75, 3.05) is 13.1 Å². The summed E-state index contributed by atoms with van der Waals surface area (Å²) in [6.45, 7) is 0.531. The molecule has 7 nitrogen and oxygen atoms in total. The number of aliphatic carboxylic acids is 1. The van der Waals surface area contributed by atoms with Crippen molar-refractivity contribution in [1.82, 2.24) is 15.5 Å². The Morgan fingerprint density at radius 2 is 1.89 bits per heavy atom. The van der Waals surface area contributed by atoms with Gasteiger partial charge in [-0.2, -0.15) is 0 Å². The first-order valence-electron chi connectivity index (χ1n) is 6.13. The summed E-state index contributed by atoms with van der Waals surface area (Å²) < 4.78 is 0. The van der Waals surface area contributed by atoms with Gasteiger partial charge < -0.3 is 10.4 Å². The molecular weight excluding hydrogens is 274 g/mol. The van der Waals surface area contributed by atoms with Gasteiger partial charge in [-0.3, -0.25) is 19.8 Å². The minimum Gasteiger partial charge on any atom is -0.480 e. The van der Waals surface area contributed by atoms with E-state index in [9.17, 15) is 14.4 Å². The summed E-state index contributed by atoms with van der Waals surface area (Å²) in [5.41, 5.74) is 0. The molecule has 3 N–H and O–H groups in total. The van der Waals surface area contributed by atoms with Crippen LogP contribution in [0.3, 0.4) is 0 Å². The zero-order chi connectivity index (χ0) is 13.1. The van der Waals surface area contributed by atoms with Crippen LogP contribution in [0, 0.1) is 0 Å². The highest BCUT2D eigenvalue weighted by atomic mass is 35.5. The zero-order valence-corrected chi connectivity index (χ0v) is 11.2. The van der Waals surface area contributed by atoms with Gasteiger partial charge in [0, 0.05) is 6.04 Å². The van der Waals surface area contributed by atoms with E-state index in [2.05, 4.69) is 10.6 Å². The predicted octanol–water partition coefficient (Wildman–Crippen LogP) is -0.0546. The Labute approximate surface area is 117 Å². The molecule has 1 heterocycles. The first-order valence-corrected chi connectivity index (χ1v) is 6.13. The summed E-state index contributed by atoms with van der Waals surface area (Å²) in [7, 11) is 0. The molecule has 108 valence electrons. The quantitative estimate of drug-likeness (QED) is 0.674. The summed E-state index contributed by atoms with van der Waals surface area (Å²) in [6.07, 6.45) is 3.22. The van der Waals surface area contributed by atoms with Crippen molar-refractivity contribution in [3.8, 4) is 0 Å². The molecule has 2 fully saturated rings. The minimum absolute atomic E-state index is 0. The van der Waals surface area contributed by atoms with E-state index in [1.54, 1.807) is 4.90 Å². The van der Waals surface area contributed by atoms with E-state index >= 15 is 0 Å². The molecule has 2 rings (SSSR count). The Morgan fingerprint density at radius 3 is 2.47 bits per heavy atom. The van der Waals surface area contributed by atoms with Gasteiger partial charge in [-0.15, -0.1) is 12.4 Å². The standard InChI is InChI=1S/C11H17N3O4.ClH/c15-9(13-11(18)12-7-3-4-7)6-14-5-1-2-8(14)10(16)17;/h7-8H,1-6H2,(H,16,17)(H2,12,13,15,18);1H/t8-;/m0./s1. The van der Waals surface area contributed by atoms with Crippen molar-refractivity contribution < 1.29 is 19.5 Å². The Kier molecular flexibility index (Phi) is 5.56. The second-order valence-corrected chi connectivity index (χ2v) is 4.76. The molecule has 0 aromatic heterocycles. The van der Waals surface area contributed by atoms with Crippen LogP contribution in [0.5, 0.6) is 0 Å². The number of imide groups is 1. The lowest BCUT2D eigenvalue weighted by molar-refractivity contribution is -0.142. The van der Waals surface area contributed by atoms with Crippen LogP contribution in [0.2, 0.25) is 0 Å². The minimum atomic E-state index is -0.914. The summed E-state index contributed by atoms with van der Waals surface area (Å²) in [4.78, 5) is 35.4. The number of nitrogens with zero attached hydrogens (tertiary/aromatic N) is 1. The number of halogens is 1. The molecule has 1 saturated heterocycles. The molecule has 0 aromatic carbocycles. The Morgan fingerprint density at radius 1 is 1.21 bits per heavy atom. The van der Waals surface area contributed by atoms with Gasteiger partial charge in [0.2, 0.25) is 5.91 Å². The monoisotopic (exact) mass is 291 g/mol. The Hall–Kier alpha value is -1.34. The average molecular weight is 292 g/mol. The normalized spacial score (nSPS) is 22.4. The summed E-state index contributed by atoms with van der Waals surface area (Å²) >= 11 is 0. The molecule has 0 radical (unpaired) electrons. The lowest BCUT2D eigenvalue weighted by atomic mass is 10.2. The van der Waals surface area contributed by atoms with Gasteiger partial charge in [0.05, 0.1) is 6.54 Å². The van der Waals surface area contributed by atoms with Crippen molar-refractivity contribution in [1.29, 1.82) is 0 Å². The number of hydrogen-bond acceptors (Lipinski definition) is 4. The third kappa shape index (κ3) is 4.68. The Balaban J connectivity index is 0.00000180. The number of amides is 3. The number of urea groups is 1. The molecule has 1 aliphatic carbocycles. The highest BCUT2D eigenvalue weighted by Crippen LogP contribution is 2.18. The van der Waals surface area contributed by atoms with E-state index < -0.39 is 23.9 Å². The second-order valence-electron chi connectivity index (χ2n) is 4.76. The van der Waals surface area contributed by atoms with Crippen molar-refractivity contribution in [3.63, 3.8) is 0 Å². The van der Waals surface area contributed by atoms with E-state index in [1.807, 2.05) is 0 Å². The highest BCUT2D eigenvalue weighted by molar-refractivity contribution is 5.95. The fourth-order valence-electron chi connectivity index (χ4n) is 2.09. The summed E-state index contributed by atoms with van der Waals surface area (Å²) in [5, 5.41) is 13.8. The van der Waals surface area contributed by atoms with Gasteiger partial charge in [0.1, 0.15) is 6.04 Å². The summed E-state index contributed by atoms with van der Waals surface area (Å²) in [6, 6.07) is -0.910. The molecule has 8 heteroatoms. The second kappa shape index (κ2) is 6.72. The molecule has 0 unspecified atom stereocenters. The van der Waals surface area contributed by atoms with Crippen LogP contribution in [0.15, 0.2) is 0 Å². The third-order valence-electron chi connectivity index (χ3n) is 3.16. The topological polar surface area (TPSA) is 98.7 Å². The number of nitrogens with one attached hydrogen (secondary N) is 2. The lowest BCUT2D eigenvalue weighted by Gasteiger charge is -2.19. The van der Waals surface area contributed by atoms with Gasteiger partial charge in [-0.05, 0) is 32.2 Å². The number of carboxylic acid groups (broad SMARTS) is 1. The highest BCUT2D eigenvalue weighted by Gasteiger charge is 2.32. The Bertz CT molecular complexity index is 373. The number of rotatable bonds is 4. The summed E-state index contributed by atoms with van der Waals surface area (Å²) in [5.74, 6) is -1.37. The number of carbonyl (C=O) groups excluding carboxylic acids is 2. The molecule has 1 atom stereocenters. The maximum absolute atomic E-state index is 11.6. The number of likely N-dealkylation sites (tertiary alicyclic amines) is 1.